The van der Waals surface area contributed by atoms with Crippen LogP contribution < -0.4 is 10.2 Å². The third-order valence-electron chi connectivity index (χ3n) is 5.16. The zero-order valence-corrected chi connectivity index (χ0v) is 18.1. The van der Waals surface area contributed by atoms with Crippen LogP contribution in [0.25, 0.3) is 5.57 Å². The fourth-order valence-electron chi connectivity index (χ4n) is 3.45. The summed E-state index contributed by atoms with van der Waals surface area (Å²) in [6.45, 7) is 5.53. The smallest absolute Gasteiger partial charge is 0.494 e. The fraction of sp³-hybridized carbons (Fsp3) is 0.375. The summed E-state index contributed by atoms with van der Waals surface area (Å²) in [6.07, 6.45) is 2.93. The highest BCUT2D eigenvalue weighted by Gasteiger charge is 2.34. The van der Waals surface area contributed by atoms with E-state index in [2.05, 4.69) is 13.8 Å². The van der Waals surface area contributed by atoms with Gasteiger partial charge in [0, 0.05) is 24.7 Å². The van der Waals surface area contributed by atoms with E-state index >= 15 is 0 Å². The molecule has 0 spiro atoms. The molecule has 0 unspecified atom stereocenters. The second-order valence-electron chi connectivity index (χ2n) is 8.24. The van der Waals surface area contributed by atoms with Crippen molar-refractivity contribution in [2.75, 3.05) is 27.4 Å². The van der Waals surface area contributed by atoms with E-state index in [0.29, 0.717) is 26.1 Å². The van der Waals surface area contributed by atoms with Crippen LogP contribution in [0.1, 0.15) is 31.4 Å². The molecule has 1 aliphatic heterocycles. The molecule has 6 heteroatoms. The number of benzene rings is 2. The number of hydrogen-bond donors (Lipinski definition) is 0. The van der Waals surface area contributed by atoms with Crippen molar-refractivity contribution < 1.29 is 23.6 Å². The predicted octanol–water partition coefficient (Wildman–Crippen LogP) is 3.65. The molecular formula is C24H29BO5. The van der Waals surface area contributed by atoms with E-state index in [1.807, 2.05) is 48.5 Å². The van der Waals surface area contributed by atoms with Crippen molar-refractivity contribution in [3.8, 4) is 5.75 Å². The van der Waals surface area contributed by atoms with Gasteiger partial charge in [-0.15, -0.1) is 0 Å². The molecule has 0 atom stereocenters. The van der Waals surface area contributed by atoms with Gasteiger partial charge in [-0.3, -0.25) is 0 Å². The average molecular weight is 408 g/mol. The van der Waals surface area contributed by atoms with E-state index in [9.17, 15) is 4.79 Å². The van der Waals surface area contributed by atoms with E-state index in [1.54, 1.807) is 13.2 Å². The summed E-state index contributed by atoms with van der Waals surface area (Å²) in [7, 11) is 2.64. The predicted molar refractivity (Wildman–Crippen MR) is 119 cm³/mol. The average Bonchev–Trinajstić information content (AvgIpc) is 2.77. The van der Waals surface area contributed by atoms with Crippen molar-refractivity contribution in [3.63, 3.8) is 0 Å². The van der Waals surface area contributed by atoms with Crippen molar-refractivity contribution in [2.45, 2.75) is 26.7 Å². The monoisotopic (exact) mass is 408 g/mol. The molecule has 1 saturated heterocycles. The van der Waals surface area contributed by atoms with Gasteiger partial charge < -0.3 is 18.8 Å². The van der Waals surface area contributed by atoms with Gasteiger partial charge in [0.2, 0.25) is 0 Å². The van der Waals surface area contributed by atoms with E-state index in [-0.39, 0.29) is 11.4 Å². The van der Waals surface area contributed by atoms with Crippen LogP contribution in [0.15, 0.2) is 54.6 Å². The number of esters is 1. The van der Waals surface area contributed by atoms with Gasteiger partial charge in [-0.1, -0.05) is 50.2 Å². The zero-order chi connectivity index (χ0) is 21.6. The van der Waals surface area contributed by atoms with Gasteiger partial charge in [0.25, 0.3) is 0 Å². The summed E-state index contributed by atoms with van der Waals surface area (Å²) >= 11 is 0. The Morgan fingerprint density at radius 1 is 1.10 bits per heavy atom. The molecule has 0 radical (unpaired) electrons. The van der Waals surface area contributed by atoms with Crippen LogP contribution in [0.5, 0.6) is 5.75 Å². The lowest BCUT2D eigenvalue weighted by molar-refractivity contribution is -0.134. The third kappa shape index (κ3) is 5.74. The molecule has 0 aliphatic carbocycles. The molecule has 0 amide bonds. The van der Waals surface area contributed by atoms with E-state index in [0.717, 1.165) is 27.9 Å². The molecular weight excluding hydrogens is 379 g/mol. The van der Waals surface area contributed by atoms with E-state index in [4.69, 9.17) is 18.8 Å². The van der Waals surface area contributed by atoms with Crippen molar-refractivity contribution in [3.05, 3.63) is 65.7 Å². The number of methoxy groups -OCH3 is 2. The van der Waals surface area contributed by atoms with Gasteiger partial charge in [-0.25, -0.2) is 4.79 Å². The highest BCUT2D eigenvalue weighted by Crippen LogP contribution is 2.25. The summed E-state index contributed by atoms with van der Waals surface area (Å²) in [6, 6.07) is 15.8. The van der Waals surface area contributed by atoms with Gasteiger partial charge in [0.1, 0.15) is 5.75 Å². The second kappa shape index (κ2) is 9.96. The lowest BCUT2D eigenvalue weighted by Crippen LogP contribution is -2.48. The zero-order valence-electron chi connectivity index (χ0n) is 18.1. The van der Waals surface area contributed by atoms with E-state index in [1.165, 1.54) is 7.11 Å². The van der Waals surface area contributed by atoms with Crippen molar-refractivity contribution >= 4 is 24.1 Å². The molecule has 30 heavy (non-hydrogen) atoms. The van der Waals surface area contributed by atoms with Crippen LogP contribution in [0.3, 0.4) is 0 Å². The van der Waals surface area contributed by atoms with Gasteiger partial charge >= 0.3 is 13.1 Å². The summed E-state index contributed by atoms with van der Waals surface area (Å²) in [5, 5.41) is 0. The van der Waals surface area contributed by atoms with Gasteiger partial charge in [0.05, 0.1) is 14.2 Å². The second-order valence-corrected chi connectivity index (χ2v) is 8.24. The SMILES string of the molecule is COC(=O)/C=C(\CCc1cc(OC)ccc1B1OCC(C)(C)CO1)c1ccccc1. The number of hydrogen-bond acceptors (Lipinski definition) is 5. The summed E-state index contributed by atoms with van der Waals surface area (Å²) in [5.74, 6) is 0.420. The normalized spacial score (nSPS) is 16.3. The van der Waals surface area contributed by atoms with Crippen LogP contribution in [0, 0.1) is 5.41 Å². The molecule has 1 heterocycles. The Morgan fingerprint density at radius 2 is 1.80 bits per heavy atom. The van der Waals surface area contributed by atoms with Crippen molar-refractivity contribution in [2.24, 2.45) is 5.41 Å². The van der Waals surface area contributed by atoms with Gasteiger partial charge in [-0.2, -0.15) is 0 Å². The first-order valence-corrected chi connectivity index (χ1v) is 10.2. The molecule has 158 valence electrons. The maximum atomic E-state index is 11.9. The van der Waals surface area contributed by atoms with Crippen LogP contribution in [-0.4, -0.2) is 40.5 Å². The van der Waals surface area contributed by atoms with Crippen LogP contribution in [-0.2, 0) is 25.3 Å². The van der Waals surface area contributed by atoms with Crippen LogP contribution >= 0.6 is 0 Å². The lowest BCUT2D eigenvalue weighted by atomic mass is 9.72. The Morgan fingerprint density at radius 3 is 2.43 bits per heavy atom. The minimum Gasteiger partial charge on any atom is -0.497 e. The Labute approximate surface area is 179 Å². The molecule has 1 aliphatic rings. The Kier molecular flexibility index (Phi) is 7.35. The topological polar surface area (TPSA) is 54.0 Å². The Bertz CT molecular complexity index is 882. The quantitative estimate of drug-likeness (QED) is 0.398. The first-order chi connectivity index (χ1) is 14.4. The van der Waals surface area contributed by atoms with Crippen molar-refractivity contribution in [1.82, 2.24) is 0 Å². The van der Waals surface area contributed by atoms with Gasteiger partial charge in [-0.05, 0) is 47.1 Å². The number of aryl methyl sites for hydroxylation is 1. The largest absolute Gasteiger partial charge is 0.497 e. The molecule has 0 N–H and O–H groups in total. The number of carbonyl (C=O) groups excluding carboxylic acids is 1. The number of carbonyl (C=O) groups is 1. The summed E-state index contributed by atoms with van der Waals surface area (Å²) < 4.78 is 22.3. The van der Waals surface area contributed by atoms with Crippen molar-refractivity contribution in [1.29, 1.82) is 0 Å². The molecule has 5 nitrogen and oxygen atoms in total. The molecule has 2 aromatic carbocycles. The number of ether oxygens (including phenoxy) is 2. The number of rotatable bonds is 7. The lowest BCUT2D eigenvalue weighted by Gasteiger charge is -2.33. The molecule has 3 rings (SSSR count). The molecule has 0 bridgehead atoms. The summed E-state index contributed by atoms with van der Waals surface area (Å²) in [4.78, 5) is 11.9. The first-order valence-electron chi connectivity index (χ1n) is 10.2. The van der Waals surface area contributed by atoms with Gasteiger partial charge in [0.15, 0.2) is 0 Å². The molecule has 1 fully saturated rings. The maximum Gasteiger partial charge on any atom is 0.494 e. The highest BCUT2D eigenvalue weighted by atomic mass is 16.6. The molecule has 0 saturated carbocycles. The molecule has 0 aromatic heterocycles. The molecule has 2 aromatic rings. The minimum absolute atomic E-state index is 0.00681. The highest BCUT2D eigenvalue weighted by molar-refractivity contribution is 6.62. The Balaban J connectivity index is 1.85. The summed E-state index contributed by atoms with van der Waals surface area (Å²) in [5.41, 5.74) is 4.00. The van der Waals surface area contributed by atoms with Crippen LogP contribution in [0.2, 0.25) is 0 Å². The van der Waals surface area contributed by atoms with Crippen LogP contribution in [0.4, 0.5) is 0 Å². The standard InChI is InChI=1S/C24H29BO5/c1-24(2)16-29-25(30-17-24)22-13-12-21(27-3)14-20(22)11-10-19(15-23(26)28-4)18-8-6-5-7-9-18/h5-9,12-15H,10-11,16-17H2,1-4H3/b19-15+. The first kappa shape index (κ1) is 22.1. The number of allylic oxidation sites excluding steroid dienone is 1. The third-order valence-corrected chi connectivity index (χ3v) is 5.16. The maximum absolute atomic E-state index is 11.9. The fourth-order valence-corrected chi connectivity index (χ4v) is 3.45. The Hall–Kier alpha value is -2.57. The van der Waals surface area contributed by atoms with E-state index < -0.39 is 7.12 Å². The minimum atomic E-state index is -0.399.